The van der Waals surface area contributed by atoms with E-state index in [-0.39, 0.29) is 5.56 Å². The van der Waals surface area contributed by atoms with Crippen molar-refractivity contribution in [3.63, 3.8) is 0 Å². The molecule has 152 valence electrons. The minimum atomic E-state index is -0.847. The quantitative estimate of drug-likeness (QED) is 0.746. The zero-order valence-electron chi connectivity index (χ0n) is 17.1. The number of unbranched alkanes of at least 4 members (excludes halogenated alkanes) is 1. The van der Waals surface area contributed by atoms with E-state index >= 15 is 0 Å². The number of hydrogen-bond acceptors (Lipinski definition) is 3. The number of hydrogen-bond donors (Lipinski definition) is 1. The smallest absolute Gasteiger partial charge is 0.271 e. The summed E-state index contributed by atoms with van der Waals surface area (Å²) in [6.07, 6.45) is 5.84. The van der Waals surface area contributed by atoms with Crippen molar-refractivity contribution in [2.45, 2.75) is 64.5 Å². The largest absolute Gasteiger partial charge is 0.386 e. The summed E-state index contributed by atoms with van der Waals surface area (Å²) in [7, 11) is 0. The standard InChI is InChI=1S/C23H31ClN2O2/c1-4-5-13-26-16-12-20(21(24)22(26)27)25-14-10-17(11-15-25)18-8-6-7-9-19(18)23(2,3)28/h6-9,12,16-17,28H,4-5,10-11,13-15H2,1-3H3. The van der Waals surface area contributed by atoms with Gasteiger partial charge < -0.3 is 14.6 Å². The van der Waals surface area contributed by atoms with E-state index in [1.54, 1.807) is 4.57 Å². The Balaban J connectivity index is 1.75. The van der Waals surface area contributed by atoms with E-state index in [2.05, 4.69) is 17.9 Å². The molecule has 1 saturated heterocycles. The zero-order chi connectivity index (χ0) is 20.3. The Morgan fingerprint density at radius 1 is 1.18 bits per heavy atom. The van der Waals surface area contributed by atoms with Crippen molar-refractivity contribution < 1.29 is 5.11 Å². The molecule has 4 nitrogen and oxygen atoms in total. The summed E-state index contributed by atoms with van der Waals surface area (Å²) in [4.78, 5) is 14.8. The van der Waals surface area contributed by atoms with Gasteiger partial charge >= 0.3 is 0 Å². The maximum absolute atomic E-state index is 12.6. The van der Waals surface area contributed by atoms with Gasteiger partial charge in [0.25, 0.3) is 5.56 Å². The van der Waals surface area contributed by atoms with E-state index in [0.29, 0.717) is 17.5 Å². The molecular formula is C23H31ClN2O2. The number of nitrogens with zero attached hydrogens (tertiary/aromatic N) is 2. The van der Waals surface area contributed by atoms with Crippen LogP contribution in [0.3, 0.4) is 0 Å². The maximum Gasteiger partial charge on any atom is 0.271 e. The van der Waals surface area contributed by atoms with Gasteiger partial charge in [-0.3, -0.25) is 4.79 Å². The molecule has 1 aliphatic rings. The molecule has 1 aliphatic heterocycles. The number of halogens is 1. The summed E-state index contributed by atoms with van der Waals surface area (Å²) >= 11 is 6.44. The van der Waals surface area contributed by atoms with Crippen LogP contribution in [0.4, 0.5) is 5.69 Å². The first-order valence-electron chi connectivity index (χ1n) is 10.3. The molecule has 0 amide bonds. The fraction of sp³-hybridized carbons (Fsp3) is 0.522. The molecule has 1 aromatic heterocycles. The molecule has 1 aromatic carbocycles. The van der Waals surface area contributed by atoms with Gasteiger partial charge in [0.1, 0.15) is 5.02 Å². The third-order valence-corrected chi connectivity index (χ3v) is 6.09. The van der Waals surface area contributed by atoms with Crippen LogP contribution in [0.15, 0.2) is 41.3 Å². The molecule has 2 aromatic rings. The number of benzene rings is 1. The number of pyridine rings is 1. The highest BCUT2D eigenvalue weighted by Gasteiger charge is 2.28. The topological polar surface area (TPSA) is 45.5 Å². The van der Waals surface area contributed by atoms with Gasteiger partial charge in [-0.05, 0) is 56.2 Å². The fourth-order valence-corrected chi connectivity index (χ4v) is 4.42. The van der Waals surface area contributed by atoms with Gasteiger partial charge in [-0.25, -0.2) is 0 Å². The van der Waals surface area contributed by atoms with Crippen molar-refractivity contribution in [3.05, 3.63) is 63.0 Å². The Hall–Kier alpha value is -1.78. The number of anilines is 1. The Morgan fingerprint density at radius 3 is 2.50 bits per heavy atom. The molecule has 5 heteroatoms. The van der Waals surface area contributed by atoms with Crippen molar-refractivity contribution >= 4 is 17.3 Å². The molecular weight excluding hydrogens is 372 g/mol. The normalized spacial score (nSPS) is 15.8. The highest BCUT2D eigenvalue weighted by atomic mass is 35.5. The predicted molar refractivity (Wildman–Crippen MR) is 116 cm³/mol. The van der Waals surface area contributed by atoms with Crippen LogP contribution >= 0.6 is 11.6 Å². The fourth-order valence-electron chi connectivity index (χ4n) is 4.13. The summed E-state index contributed by atoms with van der Waals surface area (Å²) in [5, 5.41) is 10.8. The Kier molecular flexibility index (Phi) is 6.51. The van der Waals surface area contributed by atoms with E-state index in [1.165, 1.54) is 5.56 Å². The lowest BCUT2D eigenvalue weighted by Gasteiger charge is -2.36. The van der Waals surface area contributed by atoms with Crippen LogP contribution in [0.2, 0.25) is 5.02 Å². The second kappa shape index (κ2) is 8.71. The molecule has 3 rings (SSSR count). The molecule has 0 bridgehead atoms. The molecule has 0 unspecified atom stereocenters. The first kappa shape index (κ1) is 20.9. The summed E-state index contributed by atoms with van der Waals surface area (Å²) in [6.45, 7) is 8.21. The first-order chi connectivity index (χ1) is 13.3. The van der Waals surface area contributed by atoms with E-state index in [0.717, 1.165) is 50.0 Å². The predicted octanol–water partition coefficient (Wildman–Crippen LogP) is 4.91. The SMILES string of the molecule is CCCCn1ccc(N2CCC(c3ccccc3C(C)(C)O)CC2)c(Cl)c1=O. The third-order valence-electron chi connectivity index (χ3n) is 5.73. The molecule has 2 heterocycles. The van der Waals surface area contributed by atoms with Crippen LogP contribution in [-0.4, -0.2) is 22.8 Å². The lowest BCUT2D eigenvalue weighted by Crippen LogP contribution is -2.35. The van der Waals surface area contributed by atoms with Crippen molar-refractivity contribution in [2.75, 3.05) is 18.0 Å². The highest BCUT2D eigenvalue weighted by molar-refractivity contribution is 6.33. The third kappa shape index (κ3) is 4.44. The highest BCUT2D eigenvalue weighted by Crippen LogP contribution is 2.36. The van der Waals surface area contributed by atoms with E-state index in [4.69, 9.17) is 11.6 Å². The summed E-state index contributed by atoms with van der Waals surface area (Å²) < 4.78 is 1.71. The van der Waals surface area contributed by atoms with Crippen molar-refractivity contribution in [3.8, 4) is 0 Å². The van der Waals surface area contributed by atoms with Crippen LogP contribution in [0.25, 0.3) is 0 Å². The minimum absolute atomic E-state index is 0.0953. The molecule has 0 saturated carbocycles. The number of aliphatic hydroxyl groups is 1. The summed E-state index contributed by atoms with van der Waals surface area (Å²) in [5.41, 5.74) is 2.14. The van der Waals surface area contributed by atoms with Gasteiger partial charge in [-0.2, -0.15) is 0 Å². The number of aromatic nitrogens is 1. The van der Waals surface area contributed by atoms with Crippen LogP contribution in [0, 0.1) is 0 Å². The van der Waals surface area contributed by atoms with Gasteiger partial charge in [0.15, 0.2) is 0 Å². The number of aryl methyl sites for hydroxylation is 1. The van der Waals surface area contributed by atoms with Gasteiger partial charge in [0, 0.05) is 25.8 Å². The Labute approximate surface area is 172 Å². The second-order valence-electron chi connectivity index (χ2n) is 8.27. The van der Waals surface area contributed by atoms with E-state index in [9.17, 15) is 9.90 Å². The van der Waals surface area contributed by atoms with E-state index in [1.807, 2.05) is 44.3 Å². The van der Waals surface area contributed by atoms with Crippen LogP contribution in [0.5, 0.6) is 0 Å². The number of rotatable bonds is 6. The molecule has 0 aliphatic carbocycles. The number of piperidine rings is 1. The van der Waals surface area contributed by atoms with Gasteiger partial charge in [0.05, 0.1) is 11.3 Å². The summed E-state index contributed by atoms with van der Waals surface area (Å²) in [6, 6.07) is 10.2. The van der Waals surface area contributed by atoms with Crippen LogP contribution in [-0.2, 0) is 12.1 Å². The average molecular weight is 403 g/mol. The molecule has 1 fully saturated rings. The molecule has 0 radical (unpaired) electrons. The lowest BCUT2D eigenvalue weighted by atomic mass is 9.82. The van der Waals surface area contributed by atoms with Crippen LogP contribution in [0.1, 0.15) is 63.5 Å². The van der Waals surface area contributed by atoms with Gasteiger partial charge in [-0.1, -0.05) is 49.2 Å². The minimum Gasteiger partial charge on any atom is -0.386 e. The van der Waals surface area contributed by atoms with E-state index < -0.39 is 5.60 Å². The maximum atomic E-state index is 12.6. The molecule has 0 spiro atoms. The van der Waals surface area contributed by atoms with Crippen LogP contribution < -0.4 is 10.5 Å². The first-order valence-corrected chi connectivity index (χ1v) is 10.7. The monoisotopic (exact) mass is 402 g/mol. The van der Waals surface area contributed by atoms with Gasteiger partial charge in [0.2, 0.25) is 0 Å². The molecule has 1 N–H and O–H groups in total. The van der Waals surface area contributed by atoms with Crippen molar-refractivity contribution in [1.82, 2.24) is 4.57 Å². The Bertz CT molecular complexity index is 862. The average Bonchev–Trinajstić information content (AvgIpc) is 2.69. The lowest BCUT2D eigenvalue weighted by molar-refractivity contribution is 0.0770. The zero-order valence-corrected chi connectivity index (χ0v) is 17.9. The summed E-state index contributed by atoms with van der Waals surface area (Å²) in [5.74, 6) is 0.405. The molecule has 0 atom stereocenters. The second-order valence-corrected chi connectivity index (χ2v) is 8.65. The van der Waals surface area contributed by atoms with Crippen molar-refractivity contribution in [2.24, 2.45) is 0 Å². The van der Waals surface area contributed by atoms with Gasteiger partial charge in [-0.15, -0.1) is 0 Å². The molecule has 28 heavy (non-hydrogen) atoms. The van der Waals surface area contributed by atoms with Crippen molar-refractivity contribution in [1.29, 1.82) is 0 Å². The Morgan fingerprint density at radius 2 is 1.86 bits per heavy atom.